The first-order valence-electron chi connectivity index (χ1n) is 7.40. The Morgan fingerprint density at radius 1 is 1.52 bits per heavy atom. The quantitative estimate of drug-likeness (QED) is 0.868. The van der Waals surface area contributed by atoms with E-state index in [0.29, 0.717) is 30.8 Å². The highest BCUT2D eigenvalue weighted by Gasteiger charge is 2.32. The SMILES string of the molecule is CC(O)CCNC(=O)C1CCCCN1C(=O)c1cccs1. The summed E-state index contributed by atoms with van der Waals surface area (Å²) in [4.78, 5) is 27.1. The Labute approximate surface area is 129 Å². The lowest BCUT2D eigenvalue weighted by Crippen LogP contribution is -2.52. The van der Waals surface area contributed by atoms with Crippen LogP contribution in [0.4, 0.5) is 0 Å². The van der Waals surface area contributed by atoms with Crippen molar-refractivity contribution >= 4 is 23.2 Å². The molecule has 2 amide bonds. The lowest BCUT2D eigenvalue weighted by atomic mass is 10.0. The van der Waals surface area contributed by atoms with Crippen molar-refractivity contribution in [3.63, 3.8) is 0 Å². The Kier molecular flexibility index (Phi) is 5.76. The van der Waals surface area contributed by atoms with Crippen molar-refractivity contribution < 1.29 is 14.7 Å². The molecule has 0 aromatic carbocycles. The zero-order valence-electron chi connectivity index (χ0n) is 12.2. The minimum Gasteiger partial charge on any atom is -0.393 e. The van der Waals surface area contributed by atoms with E-state index in [2.05, 4.69) is 5.32 Å². The van der Waals surface area contributed by atoms with Crippen molar-refractivity contribution in [2.45, 2.75) is 44.8 Å². The molecule has 0 saturated carbocycles. The van der Waals surface area contributed by atoms with Crippen LogP contribution in [0.2, 0.25) is 0 Å². The van der Waals surface area contributed by atoms with Gasteiger partial charge in [-0.2, -0.15) is 0 Å². The van der Waals surface area contributed by atoms with Crippen LogP contribution in [0.15, 0.2) is 17.5 Å². The van der Waals surface area contributed by atoms with Gasteiger partial charge in [0.05, 0.1) is 11.0 Å². The van der Waals surface area contributed by atoms with Gasteiger partial charge in [-0.15, -0.1) is 11.3 Å². The molecule has 0 bridgehead atoms. The maximum atomic E-state index is 12.5. The lowest BCUT2D eigenvalue weighted by Gasteiger charge is -2.34. The maximum Gasteiger partial charge on any atom is 0.264 e. The molecular weight excluding hydrogens is 288 g/mol. The fourth-order valence-corrected chi connectivity index (χ4v) is 3.19. The van der Waals surface area contributed by atoms with E-state index in [1.54, 1.807) is 17.9 Å². The van der Waals surface area contributed by atoms with Gasteiger partial charge < -0.3 is 15.3 Å². The van der Waals surface area contributed by atoms with Crippen molar-refractivity contribution in [2.24, 2.45) is 0 Å². The molecule has 6 heteroatoms. The van der Waals surface area contributed by atoms with Crippen molar-refractivity contribution in [3.8, 4) is 0 Å². The third kappa shape index (κ3) is 4.28. The van der Waals surface area contributed by atoms with Gasteiger partial charge in [-0.05, 0) is 44.1 Å². The van der Waals surface area contributed by atoms with Crippen molar-refractivity contribution in [1.82, 2.24) is 10.2 Å². The van der Waals surface area contributed by atoms with Crippen molar-refractivity contribution in [1.29, 1.82) is 0 Å². The van der Waals surface area contributed by atoms with Crippen LogP contribution in [0.3, 0.4) is 0 Å². The van der Waals surface area contributed by atoms with E-state index in [-0.39, 0.29) is 17.9 Å². The summed E-state index contributed by atoms with van der Waals surface area (Å²) >= 11 is 1.40. The molecule has 5 nitrogen and oxygen atoms in total. The number of nitrogens with one attached hydrogen (secondary N) is 1. The smallest absolute Gasteiger partial charge is 0.264 e. The highest BCUT2D eigenvalue weighted by atomic mass is 32.1. The van der Waals surface area contributed by atoms with E-state index in [1.165, 1.54) is 11.3 Å². The number of thiophene rings is 1. The van der Waals surface area contributed by atoms with E-state index in [4.69, 9.17) is 0 Å². The summed E-state index contributed by atoms with van der Waals surface area (Å²) in [7, 11) is 0. The summed E-state index contributed by atoms with van der Waals surface area (Å²) in [5.74, 6) is -0.166. The highest BCUT2D eigenvalue weighted by Crippen LogP contribution is 2.21. The molecule has 2 unspecified atom stereocenters. The average Bonchev–Trinajstić information content (AvgIpc) is 3.00. The monoisotopic (exact) mass is 310 g/mol. The number of carbonyl (C=O) groups excluding carboxylic acids is 2. The van der Waals surface area contributed by atoms with Crippen molar-refractivity contribution in [2.75, 3.05) is 13.1 Å². The minimum absolute atomic E-state index is 0.0552. The zero-order valence-corrected chi connectivity index (χ0v) is 13.1. The Morgan fingerprint density at radius 3 is 3.00 bits per heavy atom. The van der Waals surface area contributed by atoms with Gasteiger partial charge in [-0.3, -0.25) is 9.59 Å². The molecule has 1 aliphatic rings. The summed E-state index contributed by atoms with van der Waals surface area (Å²) in [6, 6.07) is 3.26. The predicted octanol–water partition coefficient (Wildman–Crippen LogP) is 1.63. The van der Waals surface area contributed by atoms with Crippen LogP contribution in [0, 0.1) is 0 Å². The van der Waals surface area contributed by atoms with Gasteiger partial charge in [0.25, 0.3) is 5.91 Å². The summed E-state index contributed by atoms with van der Waals surface area (Å²) in [6.07, 6.45) is 2.70. The van der Waals surface area contributed by atoms with Gasteiger partial charge in [0.1, 0.15) is 6.04 Å². The van der Waals surface area contributed by atoms with E-state index >= 15 is 0 Å². The molecule has 2 rings (SSSR count). The molecular formula is C15H22N2O3S. The van der Waals surface area contributed by atoms with Crippen LogP contribution in [-0.4, -0.2) is 47.1 Å². The van der Waals surface area contributed by atoms with Crippen LogP contribution in [0.5, 0.6) is 0 Å². The summed E-state index contributed by atoms with van der Waals surface area (Å²) in [6.45, 7) is 2.76. The third-order valence-corrected chi connectivity index (χ3v) is 4.52. The van der Waals surface area contributed by atoms with E-state index in [0.717, 1.165) is 12.8 Å². The Hall–Kier alpha value is -1.40. The topological polar surface area (TPSA) is 69.6 Å². The number of piperidine rings is 1. The Balaban J connectivity index is 1.98. The van der Waals surface area contributed by atoms with Crippen LogP contribution < -0.4 is 5.32 Å². The largest absolute Gasteiger partial charge is 0.393 e. The molecule has 0 aliphatic carbocycles. The number of likely N-dealkylation sites (tertiary alicyclic amines) is 1. The normalized spacial score (nSPS) is 20.1. The molecule has 2 N–H and O–H groups in total. The fraction of sp³-hybridized carbons (Fsp3) is 0.600. The second kappa shape index (κ2) is 7.56. The highest BCUT2D eigenvalue weighted by molar-refractivity contribution is 7.12. The number of rotatable bonds is 5. The van der Waals surface area contributed by atoms with Gasteiger partial charge in [-0.1, -0.05) is 6.07 Å². The van der Waals surface area contributed by atoms with E-state index in [9.17, 15) is 14.7 Å². The summed E-state index contributed by atoms with van der Waals surface area (Å²) < 4.78 is 0. The fourth-order valence-electron chi connectivity index (χ4n) is 2.51. The Bertz CT molecular complexity index is 473. The Morgan fingerprint density at radius 2 is 2.33 bits per heavy atom. The molecule has 21 heavy (non-hydrogen) atoms. The molecule has 2 heterocycles. The lowest BCUT2D eigenvalue weighted by molar-refractivity contribution is -0.126. The molecule has 1 aromatic rings. The van der Waals surface area contributed by atoms with E-state index < -0.39 is 6.10 Å². The van der Waals surface area contributed by atoms with Gasteiger partial charge in [-0.25, -0.2) is 0 Å². The van der Waals surface area contributed by atoms with Gasteiger partial charge in [0.2, 0.25) is 5.91 Å². The number of aliphatic hydroxyl groups is 1. The molecule has 0 spiro atoms. The number of carbonyl (C=O) groups is 2. The molecule has 0 radical (unpaired) electrons. The van der Waals surface area contributed by atoms with Crippen molar-refractivity contribution in [3.05, 3.63) is 22.4 Å². The third-order valence-electron chi connectivity index (χ3n) is 3.66. The molecule has 1 aromatic heterocycles. The predicted molar refractivity (Wildman–Crippen MR) is 82.3 cm³/mol. The molecule has 1 saturated heterocycles. The number of amides is 2. The minimum atomic E-state index is -0.430. The average molecular weight is 310 g/mol. The van der Waals surface area contributed by atoms with Gasteiger partial charge in [0.15, 0.2) is 0 Å². The molecule has 1 fully saturated rings. The van der Waals surface area contributed by atoms with Crippen LogP contribution in [0.1, 0.15) is 42.3 Å². The number of nitrogens with zero attached hydrogens (tertiary/aromatic N) is 1. The van der Waals surface area contributed by atoms with E-state index in [1.807, 2.05) is 11.4 Å². The standard InChI is InChI=1S/C15H22N2O3S/c1-11(18)7-8-16-14(19)12-5-2-3-9-17(12)15(20)13-6-4-10-21-13/h4,6,10-12,18H,2-3,5,7-9H2,1H3,(H,16,19). The molecule has 2 atom stereocenters. The summed E-state index contributed by atoms with van der Waals surface area (Å²) in [5.41, 5.74) is 0. The van der Waals surface area contributed by atoms with Crippen LogP contribution in [0.25, 0.3) is 0 Å². The van der Waals surface area contributed by atoms with Crippen LogP contribution in [-0.2, 0) is 4.79 Å². The number of aliphatic hydroxyl groups excluding tert-OH is 1. The number of hydrogen-bond acceptors (Lipinski definition) is 4. The molecule has 116 valence electrons. The number of hydrogen-bond donors (Lipinski definition) is 2. The summed E-state index contributed by atoms with van der Waals surface area (Å²) in [5, 5.41) is 13.9. The first-order chi connectivity index (χ1) is 10.1. The zero-order chi connectivity index (χ0) is 15.2. The second-order valence-corrected chi connectivity index (χ2v) is 6.36. The maximum absolute atomic E-state index is 12.5. The second-order valence-electron chi connectivity index (χ2n) is 5.42. The first kappa shape index (κ1) is 16.0. The molecule has 1 aliphatic heterocycles. The first-order valence-corrected chi connectivity index (χ1v) is 8.28. The van der Waals surface area contributed by atoms with Gasteiger partial charge >= 0.3 is 0 Å². The van der Waals surface area contributed by atoms with Gasteiger partial charge in [0, 0.05) is 13.1 Å². The van der Waals surface area contributed by atoms with Crippen LogP contribution >= 0.6 is 11.3 Å².